The van der Waals surface area contributed by atoms with Crippen molar-refractivity contribution >= 4 is 5.97 Å². The number of hydrogen-bond donors (Lipinski definition) is 3. The monoisotopic (exact) mass is 408 g/mol. The van der Waals surface area contributed by atoms with Gasteiger partial charge in [0, 0.05) is 5.56 Å². The van der Waals surface area contributed by atoms with Gasteiger partial charge in [0.25, 0.3) is 0 Å². The topological polar surface area (TPSA) is 87.0 Å². The van der Waals surface area contributed by atoms with Gasteiger partial charge >= 0.3 is 5.97 Å². The van der Waals surface area contributed by atoms with Crippen molar-refractivity contribution in [3.05, 3.63) is 23.3 Å². The lowest BCUT2D eigenvalue weighted by Gasteiger charge is -2.18. The summed E-state index contributed by atoms with van der Waals surface area (Å²) in [5.74, 6) is -1.24. The van der Waals surface area contributed by atoms with E-state index in [9.17, 15) is 20.1 Å². The molecular formula is C24H40O5. The largest absolute Gasteiger partial charge is 0.504 e. The molecule has 29 heavy (non-hydrogen) atoms. The quantitative estimate of drug-likeness (QED) is 0.252. The molecule has 0 aliphatic heterocycles. The molecule has 0 bridgehead atoms. The molecule has 0 aliphatic rings. The molecule has 0 amide bonds. The van der Waals surface area contributed by atoms with Gasteiger partial charge < -0.3 is 20.1 Å². The first-order valence-corrected chi connectivity index (χ1v) is 11.3. The molecule has 0 fully saturated rings. The Hall–Kier alpha value is -1.75. The average Bonchev–Trinajstić information content (AvgIpc) is 2.70. The highest BCUT2D eigenvalue weighted by Gasteiger charge is 2.24. The number of aliphatic hydroxyl groups excluding tert-OH is 1. The number of ether oxygens (including phenoxy) is 1. The van der Waals surface area contributed by atoms with E-state index in [0.29, 0.717) is 6.42 Å². The number of carboxylic acids is 1. The number of phenolic OH excluding ortho intramolecular Hbond substituents is 1. The summed E-state index contributed by atoms with van der Waals surface area (Å²) < 4.78 is 5.13. The molecule has 1 rings (SSSR count). The maximum Gasteiger partial charge on any atom is 0.336 e. The summed E-state index contributed by atoms with van der Waals surface area (Å²) in [6.45, 7) is 2.25. The maximum atomic E-state index is 11.4. The number of hydrogen-bond acceptors (Lipinski definition) is 4. The Balaban J connectivity index is 2.23. The van der Waals surface area contributed by atoms with Crippen molar-refractivity contribution in [3.8, 4) is 11.5 Å². The number of aliphatic hydroxyl groups is 1. The minimum atomic E-state index is -1.14. The molecule has 1 aromatic rings. The van der Waals surface area contributed by atoms with Crippen LogP contribution in [-0.4, -0.2) is 28.4 Å². The Labute approximate surface area is 176 Å². The van der Waals surface area contributed by atoms with Crippen molar-refractivity contribution in [1.82, 2.24) is 0 Å². The van der Waals surface area contributed by atoms with Crippen LogP contribution < -0.4 is 4.74 Å². The fraction of sp³-hybridized carbons (Fsp3) is 0.708. The first-order valence-electron chi connectivity index (χ1n) is 11.3. The molecule has 0 saturated heterocycles. The molecule has 0 spiro atoms. The summed E-state index contributed by atoms with van der Waals surface area (Å²) in [4.78, 5) is 11.4. The third-order valence-electron chi connectivity index (χ3n) is 5.52. The van der Waals surface area contributed by atoms with Crippen LogP contribution in [0.2, 0.25) is 0 Å². The van der Waals surface area contributed by atoms with Gasteiger partial charge in [-0.15, -0.1) is 0 Å². The molecule has 5 heteroatoms. The molecule has 0 heterocycles. The van der Waals surface area contributed by atoms with Crippen LogP contribution in [0.15, 0.2) is 12.1 Å². The van der Waals surface area contributed by atoms with E-state index in [0.717, 1.165) is 19.3 Å². The van der Waals surface area contributed by atoms with Crippen LogP contribution in [0.3, 0.4) is 0 Å². The summed E-state index contributed by atoms with van der Waals surface area (Å²) >= 11 is 0. The van der Waals surface area contributed by atoms with Gasteiger partial charge in [0.1, 0.15) is 0 Å². The molecule has 1 atom stereocenters. The lowest BCUT2D eigenvalue weighted by molar-refractivity contribution is 0.0686. The zero-order chi connectivity index (χ0) is 21.5. The van der Waals surface area contributed by atoms with E-state index in [2.05, 4.69) is 6.92 Å². The van der Waals surface area contributed by atoms with Gasteiger partial charge in [0.05, 0.1) is 18.8 Å². The van der Waals surface area contributed by atoms with E-state index >= 15 is 0 Å². The van der Waals surface area contributed by atoms with Crippen LogP contribution >= 0.6 is 0 Å². The Morgan fingerprint density at radius 2 is 1.38 bits per heavy atom. The number of carbonyl (C=O) groups is 1. The number of aromatic carboxylic acids is 1. The number of aromatic hydroxyl groups is 1. The van der Waals surface area contributed by atoms with Gasteiger partial charge in [-0.25, -0.2) is 4.79 Å². The minimum Gasteiger partial charge on any atom is -0.504 e. The second-order valence-corrected chi connectivity index (χ2v) is 7.93. The van der Waals surface area contributed by atoms with Crippen LogP contribution in [0, 0.1) is 0 Å². The van der Waals surface area contributed by atoms with Gasteiger partial charge in [-0.3, -0.25) is 0 Å². The molecule has 3 N–H and O–H groups in total. The van der Waals surface area contributed by atoms with Crippen LogP contribution in [0.4, 0.5) is 0 Å². The van der Waals surface area contributed by atoms with Crippen molar-refractivity contribution in [2.24, 2.45) is 0 Å². The number of carboxylic acid groups (broad SMARTS) is 1. The summed E-state index contributed by atoms with van der Waals surface area (Å²) in [7, 11) is 1.36. The van der Waals surface area contributed by atoms with E-state index < -0.39 is 12.1 Å². The molecule has 0 radical (unpaired) electrons. The number of methoxy groups -OCH3 is 1. The third kappa shape index (κ3) is 9.53. The van der Waals surface area contributed by atoms with Gasteiger partial charge in [-0.1, -0.05) is 90.4 Å². The minimum absolute atomic E-state index is 0.0261. The highest BCUT2D eigenvalue weighted by molar-refractivity contribution is 5.91. The Bertz CT molecular complexity index is 585. The Kier molecular flexibility index (Phi) is 13.2. The molecule has 0 saturated carbocycles. The number of rotatable bonds is 17. The predicted octanol–water partition coefficient (Wildman–Crippen LogP) is 6.61. The number of phenols is 1. The van der Waals surface area contributed by atoms with Gasteiger partial charge in [0.2, 0.25) is 0 Å². The summed E-state index contributed by atoms with van der Waals surface area (Å²) in [5, 5.41) is 29.8. The predicted molar refractivity (Wildman–Crippen MR) is 117 cm³/mol. The fourth-order valence-corrected chi connectivity index (χ4v) is 3.82. The second kappa shape index (κ2) is 15.1. The summed E-state index contributed by atoms with van der Waals surface area (Å²) in [6, 6.07) is 2.59. The summed E-state index contributed by atoms with van der Waals surface area (Å²) in [5.41, 5.74) is 0.140. The van der Waals surface area contributed by atoms with Gasteiger partial charge in [0.15, 0.2) is 11.5 Å². The molecule has 1 aromatic carbocycles. The van der Waals surface area contributed by atoms with E-state index in [1.807, 2.05) is 0 Å². The maximum absolute atomic E-state index is 11.4. The lowest BCUT2D eigenvalue weighted by Crippen LogP contribution is -2.09. The highest BCUT2D eigenvalue weighted by Crippen LogP contribution is 2.38. The van der Waals surface area contributed by atoms with E-state index in [1.54, 1.807) is 0 Å². The zero-order valence-electron chi connectivity index (χ0n) is 18.3. The van der Waals surface area contributed by atoms with Crippen LogP contribution in [0.1, 0.15) is 119 Å². The van der Waals surface area contributed by atoms with Crippen LogP contribution in [-0.2, 0) is 0 Å². The fourth-order valence-electron chi connectivity index (χ4n) is 3.82. The van der Waals surface area contributed by atoms with E-state index in [-0.39, 0.29) is 22.6 Å². The van der Waals surface area contributed by atoms with Crippen molar-refractivity contribution in [1.29, 1.82) is 0 Å². The number of benzene rings is 1. The highest BCUT2D eigenvalue weighted by atomic mass is 16.5. The van der Waals surface area contributed by atoms with Crippen molar-refractivity contribution in [2.75, 3.05) is 7.11 Å². The molecule has 5 nitrogen and oxygen atoms in total. The van der Waals surface area contributed by atoms with Gasteiger partial charge in [-0.2, -0.15) is 0 Å². The van der Waals surface area contributed by atoms with Gasteiger partial charge in [-0.05, 0) is 18.6 Å². The van der Waals surface area contributed by atoms with Crippen molar-refractivity contribution in [3.63, 3.8) is 0 Å². The standard InChI is InChI=1S/C24H40O5/c1-3-4-5-6-7-8-9-10-11-12-13-14-15-16-20(25)22-19(24(27)28)17-18-21(26)23(22)29-2/h17-18,20,25-26H,3-16H2,1-2H3,(H,27,28). The average molecular weight is 409 g/mol. The first-order chi connectivity index (χ1) is 14.0. The van der Waals surface area contributed by atoms with E-state index in [1.165, 1.54) is 83.5 Å². The number of unbranched alkanes of at least 4 members (excludes halogenated alkanes) is 12. The summed E-state index contributed by atoms with van der Waals surface area (Å²) in [6.07, 6.45) is 15.7. The zero-order valence-corrected chi connectivity index (χ0v) is 18.3. The van der Waals surface area contributed by atoms with Crippen LogP contribution in [0.25, 0.3) is 0 Å². The third-order valence-corrected chi connectivity index (χ3v) is 5.52. The molecule has 1 unspecified atom stereocenters. The normalized spacial score (nSPS) is 12.1. The molecule has 0 aliphatic carbocycles. The lowest BCUT2D eigenvalue weighted by atomic mass is 9.96. The molecular weight excluding hydrogens is 368 g/mol. The molecule has 166 valence electrons. The molecule has 0 aromatic heterocycles. The smallest absolute Gasteiger partial charge is 0.336 e. The Morgan fingerprint density at radius 1 is 0.897 bits per heavy atom. The second-order valence-electron chi connectivity index (χ2n) is 7.93. The van der Waals surface area contributed by atoms with Crippen molar-refractivity contribution in [2.45, 2.75) is 103 Å². The van der Waals surface area contributed by atoms with Crippen molar-refractivity contribution < 1.29 is 24.9 Å². The van der Waals surface area contributed by atoms with E-state index in [4.69, 9.17) is 4.74 Å². The Morgan fingerprint density at radius 3 is 1.83 bits per heavy atom. The van der Waals surface area contributed by atoms with Crippen LogP contribution in [0.5, 0.6) is 11.5 Å². The first kappa shape index (κ1) is 25.3. The SMILES string of the molecule is CCCCCCCCCCCCCCCC(O)c1c(C(=O)O)ccc(O)c1OC.